The van der Waals surface area contributed by atoms with Crippen molar-refractivity contribution in [3.8, 4) is 17.2 Å². The van der Waals surface area contributed by atoms with E-state index in [0.29, 0.717) is 0 Å². The van der Waals surface area contributed by atoms with Gasteiger partial charge in [-0.05, 0) is 31.2 Å². The highest BCUT2D eigenvalue weighted by atomic mass is 35.5. The number of hydrogen-bond donors (Lipinski definition) is 2. The molecule has 0 unspecified atom stereocenters. The number of rotatable bonds is 5. The summed E-state index contributed by atoms with van der Waals surface area (Å²) in [6, 6.07) is 9.37. The number of halogens is 4. The lowest BCUT2D eigenvalue weighted by molar-refractivity contribution is -0.274. The van der Waals surface area contributed by atoms with Gasteiger partial charge in [-0.25, -0.2) is 0 Å². The second-order valence-electron chi connectivity index (χ2n) is 4.91. The van der Waals surface area contributed by atoms with E-state index in [9.17, 15) is 23.1 Å². The number of anilines is 1. The van der Waals surface area contributed by atoms with Crippen molar-refractivity contribution >= 4 is 23.2 Å². The fourth-order valence-electron chi connectivity index (χ4n) is 1.84. The van der Waals surface area contributed by atoms with E-state index in [4.69, 9.17) is 16.3 Å². The molecule has 0 heterocycles. The standard InChI is InChI=1S/C16H13ClF3NO4/c1-9(24-13-5-3-2-4-11(13)17)15(23)21-12-7-6-10(22)8-14(12)25-16(18,19)20/h2-9,22H,1H3,(H,21,23)/t9-/m0/s1. The maximum absolute atomic E-state index is 12.4. The fourth-order valence-corrected chi connectivity index (χ4v) is 2.02. The number of ether oxygens (including phenoxy) is 2. The lowest BCUT2D eigenvalue weighted by atomic mass is 10.2. The van der Waals surface area contributed by atoms with E-state index in [-0.39, 0.29) is 16.5 Å². The number of aromatic hydroxyl groups is 1. The molecule has 25 heavy (non-hydrogen) atoms. The molecule has 2 aromatic carbocycles. The summed E-state index contributed by atoms with van der Waals surface area (Å²) in [5.41, 5.74) is -0.269. The molecule has 0 aliphatic carbocycles. The number of hydrogen-bond acceptors (Lipinski definition) is 4. The number of carbonyl (C=O) groups excluding carboxylic acids is 1. The highest BCUT2D eigenvalue weighted by Gasteiger charge is 2.32. The van der Waals surface area contributed by atoms with E-state index in [0.717, 1.165) is 18.2 Å². The van der Waals surface area contributed by atoms with Crippen LogP contribution in [0.25, 0.3) is 0 Å². The molecule has 0 bridgehead atoms. The van der Waals surface area contributed by atoms with Gasteiger partial charge < -0.3 is 19.9 Å². The van der Waals surface area contributed by atoms with Gasteiger partial charge in [0.25, 0.3) is 5.91 Å². The first-order valence-electron chi connectivity index (χ1n) is 6.96. The lowest BCUT2D eigenvalue weighted by Gasteiger charge is -2.18. The summed E-state index contributed by atoms with van der Waals surface area (Å²) >= 11 is 5.92. The molecule has 0 aromatic heterocycles. The van der Waals surface area contributed by atoms with E-state index in [1.807, 2.05) is 0 Å². The Labute approximate surface area is 145 Å². The zero-order valence-electron chi connectivity index (χ0n) is 12.8. The van der Waals surface area contributed by atoms with Crippen LogP contribution in [0.3, 0.4) is 0 Å². The monoisotopic (exact) mass is 375 g/mol. The summed E-state index contributed by atoms with van der Waals surface area (Å²) in [6.45, 7) is 1.41. The minimum absolute atomic E-state index is 0.254. The van der Waals surface area contributed by atoms with Crippen LogP contribution in [0.2, 0.25) is 5.02 Å². The first-order valence-corrected chi connectivity index (χ1v) is 7.34. The van der Waals surface area contributed by atoms with E-state index < -0.39 is 29.9 Å². The Morgan fingerprint density at radius 3 is 2.52 bits per heavy atom. The summed E-state index contributed by atoms with van der Waals surface area (Å²) in [5.74, 6) is -1.66. The smallest absolute Gasteiger partial charge is 0.508 e. The molecule has 1 atom stereocenters. The molecule has 0 spiro atoms. The highest BCUT2D eigenvalue weighted by Crippen LogP contribution is 2.33. The van der Waals surface area contributed by atoms with Crippen LogP contribution < -0.4 is 14.8 Å². The molecule has 0 aliphatic heterocycles. The van der Waals surface area contributed by atoms with Crippen LogP contribution in [0.15, 0.2) is 42.5 Å². The van der Waals surface area contributed by atoms with Gasteiger partial charge in [0.05, 0.1) is 10.7 Å². The van der Waals surface area contributed by atoms with Gasteiger partial charge in [-0.3, -0.25) is 4.79 Å². The maximum atomic E-state index is 12.4. The molecule has 0 saturated carbocycles. The lowest BCUT2D eigenvalue weighted by Crippen LogP contribution is -2.30. The quantitative estimate of drug-likeness (QED) is 0.762. The molecule has 5 nitrogen and oxygen atoms in total. The minimum Gasteiger partial charge on any atom is -0.508 e. The summed E-state index contributed by atoms with van der Waals surface area (Å²) < 4.78 is 46.5. The van der Waals surface area contributed by atoms with Crippen molar-refractivity contribution in [2.24, 2.45) is 0 Å². The molecule has 2 aromatic rings. The molecule has 0 aliphatic rings. The normalized spacial score (nSPS) is 12.4. The Balaban J connectivity index is 2.13. The number of amides is 1. The summed E-state index contributed by atoms with van der Waals surface area (Å²) in [4.78, 5) is 12.2. The number of nitrogens with one attached hydrogen (secondary N) is 1. The van der Waals surface area contributed by atoms with Crippen molar-refractivity contribution < 1.29 is 32.5 Å². The SMILES string of the molecule is C[C@H](Oc1ccccc1Cl)C(=O)Nc1ccc(O)cc1OC(F)(F)F. The van der Waals surface area contributed by atoms with Crippen LogP contribution in [0.1, 0.15) is 6.92 Å². The minimum atomic E-state index is -4.98. The first kappa shape index (κ1) is 18.7. The summed E-state index contributed by atoms with van der Waals surface area (Å²) in [5, 5.41) is 11.8. The number of carbonyl (C=O) groups is 1. The molecule has 134 valence electrons. The van der Waals surface area contributed by atoms with Gasteiger partial charge in [0, 0.05) is 6.07 Å². The molecule has 1 amide bonds. The third kappa shape index (κ3) is 5.46. The number of alkyl halides is 3. The van der Waals surface area contributed by atoms with Gasteiger partial charge in [-0.1, -0.05) is 23.7 Å². The zero-order valence-corrected chi connectivity index (χ0v) is 13.6. The molecule has 2 rings (SSSR count). The van der Waals surface area contributed by atoms with Gasteiger partial charge in [-0.15, -0.1) is 13.2 Å². The van der Waals surface area contributed by atoms with Crippen LogP contribution in [-0.2, 0) is 4.79 Å². The van der Waals surface area contributed by atoms with Gasteiger partial charge in [0.1, 0.15) is 11.5 Å². The molecular formula is C16H13ClF3NO4. The van der Waals surface area contributed by atoms with Crippen molar-refractivity contribution in [1.29, 1.82) is 0 Å². The number of para-hydroxylation sites is 1. The Kier molecular flexibility index (Phi) is 5.63. The van der Waals surface area contributed by atoms with Crippen molar-refractivity contribution in [2.45, 2.75) is 19.4 Å². The predicted octanol–water partition coefficient (Wildman–Crippen LogP) is 4.35. The van der Waals surface area contributed by atoms with E-state index in [1.165, 1.54) is 6.92 Å². The average Bonchev–Trinajstić information content (AvgIpc) is 2.50. The van der Waals surface area contributed by atoms with Gasteiger partial charge in [-0.2, -0.15) is 0 Å². The maximum Gasteiger partial charge on any atom is 0.573 e. The largest absolute Gasteiger partial charge is 0.573 e. The van der Waals surface area contributed by atoms with Crippen molar-refractivity contribution in [3.05, 3.63) is 47.5 Å². The van der Waals surface area contributed by atoms with Crippen LogP contribution in [0, 0.1) is 0 Å². The zero-order chi connectivity index (χ0) is 18.6. The van der Waals surface area contributed by atoms with Gasteiger partial charge in [0.15, 0.2) is 11.9 Å². The molecule has 0 radical (unpaired) electrons. The third-order valence-electron chi connectivity index (χ3n) is 2.96. The van der Waals surface area contributed by atoms with Crippen LogP contribution in [0.5, 0.6) is 17.2 Å². The first-order chi connectivity index (χ1) is 11.7. The fraction of sp³-hybridized carbons (Fsp3) is 0.188. The Morgan fingerprint density at radius 1 is 1.20 bits per heavy atom. The van der Waals surface area contributed by atoms with E-state index in [1.54, 1.807) is 24.3 Å². The average molecular weight is 376 g/mol. The number of phenols is 1. The Hall–Kier alpha value is -2.61. The highest BCUT2D eigenvalue weighted by molar-refractivity contribution is 6.32. The second kappa shape index (κ2) is 7.52. The van der Waals surface area contributed by atoms with E-state index in [2.05, 4.69) is 10.1 Å². The van der Waals surface area contributed by atoms with Crippen molar-refractivity contribution in [3.63, 3.8) is 0 Å². The number of benzene rings is 2. The molecule has 0 fully saturated rings. The predicted molar refractivity (Wildman–Crippen MR) is 85.0 cm³/mol. The molecule has 0 saturated heterocycles. The molecular weight excluding hydrogens is 363 g/mol. The van der Waals surface area contributed by atoms with Crippen molar-refractivity contribution in [1.82, 2.24) is 0 Å². The third-order valence-corrected chi connectivity index (χ3v) is 3.27. The summed E-state index contributed by atoms with van der Waals surface area (Å²) in [7, 11) is 0. The second-order valence-corrected chi connectivity index (χ2v) is 5.32. The Morgan fingerprint density at radius 2 is 1.88 bits per heavy atom. The summed E-state index contributed by atoms with van der Waals surface area (Å²) in [6.07, 6.45) is -6.03. The molecule has 2 N–H and O–H groups in total. The van der Waals surface area contributed by atoms with Crippen LogP contribution >= 0.6 is 11.6 Å². The Bertz CT molecular complexity index is 767. The van der Waals surface area contributed by atoms with Gasteiger partial charge in [0.2, 0.25) is 0 Å². The molecule has 9 heteroatoms. The topological polar surface area (TPSA) is 67.8 Å². The van der Waals surface area contributed by atoms with Crippen molar-refractivity contribution in [2.75, 3.05) is 5.32 Å². The number of phenolic OH excluding ortho intramolecular Hbond substituents is 1. The van der Waals surface area contributed by atoms with E-state index >= 15 is 0 Å². The van der Waals surface area contributed by atoms with Crippen LogP contribution in [0.4, 0.5) is 18.9 Å². The van der Waals surface area contributed by atoms with Crippen LogP contribution in [-0.4, -0.2) is 23.5 Å². The van der Waals surface area contributed by atoms with Gasteiger partial charge >= 0.3 is 6.36 Å².